The number of carbonyl (C=O) groups is 3. The Morgan fingerprint density at radius 2 is 1.92 bits per heavy atom. The Kier molecular flexibility index (Phi) is 9.72. The van der Waals surface area contributed by atoms with Crippen LogP contribution in [0.15, 0.2) is 41.7 Å². The van der Waals surface area contributed by atoms with E-state index in [1.165, 1.54) is 0 Å². The number of pyridine rings is 1. The molecule has 1 amide bonds. The Morgan fingerprint density at radius 1 is 1.16 bits per heavy atom. The zero-order valence-corrected chi connectivity index (χ0v) is 22.0. The Labute approximate surface area is 217 Å². The number of fused-ring (bicyclic) bond motifs is 1. The van der Waals surface area contributed by atoms with Crippen LogP contribution in [0.1, 0.15) is 71.9 Å². The maximum absolute atomic E-state index is 13.5. The smallest absolute Gasteiger partial charge is 0.308 e. The van der Waals surface area contributed by atoms with Crippen molar-refractivity contribution in [3.05, 3.63) is 42.2 Å². The molecule has 200 valence electrons. The minimum absolute atomic E-state index is 0.104. The number of aromatic nitrogens is 1. The molecule has 1 aliphatic heterocycles. The van der Waals surface area contributed by atoms with E-state index < -0.39 is 42.4 Å². The third kappa shape index (κ3) is 6.70. The highest BCUT2D eigenvalue weighted by Crippen LogP contribution is 2.35. The molecule has 0 bridgehead atoms. The van der Waals surface area contributed by atoms with Gasteiger partial charge in [0, 0.05) is 23.9 Å². The molecular formula is C28H36FN3O5. The van der Waals surface area contributed by atoms with E-state index in [4.69, 9.17) is 9.57 Å². The second-order valence-corrected chi connectivity index (χ2v) is 9.86. The van der Waals surface area contributed by atoms with Crippen molar-refractivity contribution in [2.75, 3.05) is 6.67 Å². The van der Waals surface area contributed by atoms with Crippen LogP contribution in [0.25, 0.3) is 10.8 Å². The van der Waals surface area contributed by atoms with Gasteiger partial charge in [-0.3, -0.25) is 19.4 Å². The van der Waals surface area contributed by atoms with Crippen LogP contribution in [-0.4, -0.2) is 52.8 Å². The lowest BCUT2D eigenvalue weighted by Gasteiger charge is -2.30. The predicted octanol–water partition coefficient (Wildman–Crippen LogP) is 4.68. The fraction of sp³-hybridized carbons (Fsp3) is 0.536. The molecule has 3 rings (SSSR count). The Hall–Kier alpha value is -3.36. The number of halogens is 1. The predicted molar refractivity (Wildman–Crippen MR) is 139 cm³/mol. The molecule has 0 saturated heterocycles. The summed E-state index contributed by atoms with van der Waals surface area (Å²) in [6.07, 6.45) is 4.65. The summed E-state index contributed by atoms with van der Waals surface area (Å²) in [7, 11) is 0. The number of nitrogens with zero attached hydrogens (tertiary/aromatic N) is 2. The highest BCUT2D eigenvalue weighted by atomic mass is 19.1. The second-order valence-electron chi connectivity index (χ2n) is 9.86. The van der Waals surface area contributed by atoms with Gasteiger partial charge >= 0.3 is 5.97 Å². The molecule has 0 aliphatic carbocycles. The number of unbranched alkanes of at least 4 members (excludes halogenated alkanes) is 2. The molecule has 1 aliphatic rings. The normalized spacial score (nSPS) is 18.7. The summed E-state index contributed by atoms with van der Waals surface area (Å²) in [5.74, 6) is -2.57. The first-order chi connectivity index (χ1) is 17.7. The van der Waals surface area contributed by atoms with Crippen LogP contribution in [0.4, 0.5) is 4.39 Å². The van der Waals surface area contributed by atoms with Crippen LogP contribution in [-0.2, 0) is 24.0 Å². The van der Waals surface area contributed by atoms with Crippen molar-refractivity contribution in [2.24, 2.45) is 11.1 Å². The average molecular weight is 514 g/mol. The largest absolute Gasteiger partial charge is 0.463 e. The van der Waals surface area contributed by atoms with Gasteiger partial charge in [-0.1, -0.05) is 63.0 Å². The first kappa shape index (κ1) is 28.2. The lowest BCUT2D eigenvalue weighted by atomic mass is 9.83. The average Bonchev–Trinajstić information content (AvgIpc) is 3.34. The van der Waals surface area contributed by atoms with Gasteiger partial charge in [-0.05, 0) is 31.2 Å². The quantitative estimate of drug-likeness (QED) is 0.308. The van der Waals surface area contributed by atoms with Crippen LogP contribution in [0.5, 0.6) is 0 Å². The van der Waals surface area contributed by atoms with Crippen molar-refractivity contribution in [1.82, 2.24) is 10.3 Å². The zero-order chi connectivity index (χ0) is 27.0. The summed E-state index contributed by atoms with van der Waals surface area (Å²) in [6, 6.07) is 8.20. The topological polar surface area (TPSA) is 107 Å². The molecule has 1 aromatic heterocycles. The number of hydrogen-bond donors (Lipinski definition) is 1. The molecule has 2 aromatic rings. The Balaban J connectivity index is 1.73. The molecule has 3 atom stereocenters. The standard InChI is InChI=1S/C28H36FN3O5/c1-5-6-7-10-19(4)36-25(34)15-22(24(33)17-29)31-27(35)28(18(2)3)16-23(32-37-28)26-21-12-9-8-11-20(21)13-14-30-26/h8-9,11-14,18-19,22H,5-7,10,15-17H2,1-4H3,(H,31,35)/t19?,22-,28+/m0/s1. The molecule has 0 spiro atoms. The summed E-state index contributed by atoms with van der Waals surface area (Å²) < 4.78 is 18.7. The number of carbonyl (C=O) groups excluding carboxylic acids is 3. The van der Waals surface area contributed by atoms with Crippen molar-refractivity contribution in [2.45, 2.75) is 84.0 Å². The van der Waals surface area contributed by atoms with Crippen LogP contribution < -0.4 is 5.32 Å². The van der Waals surface area contributed by atoms with Crippen LogP contribution in [0.2, 0.25) is 0 Å². The summed E-state index contributed by atoms with van der Waals surface area (Å²) in [5.41, 5.74) is -0.347. The number of Topliss-reactive ketones (excluding diaryl/α,β-unsaturated/α-hetero) is 1. The van der Waals surface area contributed by atoms with Crippen molar-refractivity contribution in [3.63, 3.8) is 0 Å². The van der Waals surface area contributed by atoms with Crippen molar-refractivity contribution in [3.8, 4) is 0 Å². The van der Waals surface area contributed by atoms with E-state index in [0.717, 1.165) is 30.0 Å². The first-order valence-corrected chi connectivity index (χ1v) is 12.9. The monoisotopic (exact) mass is 513 g/mol. The van der Waals surface area contributed by atoms with E-state index in [1.807, 2.05) is 30.3 Å². The first-order valence-electron chi connectivity index (χ1n) is 12.9. The molecule has 1 unspecified atom stereocenters. The molecule has 37 heavy (non-hydrogen) atoms. The van der Waals surface area contributed by atoms with Gasteiger partial charge in [-0.25, -0.2) is 4.39 Å². The van der Waals surface area contributed by atoms with Gasteiger partial charge in [0.2, 0.25) is 5.60 Å². The van der Waals surface area contributed by atoms with Crippen molar-refractivity contribution < 1.29 is 28.3 Å². The van der Waals surface area contributed by atoms with Crippen LogP contribution in [0.3, 0.4) is 0 Å². The van der Waals surface area contributed by atoms with E-state index in [9.17, 15) is 18.8 Å². The number of rotatable bonds is 13. The van der Waals surface area contributed by atoms with Gasteiger partial charge in [-0.2, -0.15) is 0 Å². The number of amides is 1. The SMILES string of the molecule is CCCCCC(C)OC(=O)C[C@H](NC(=O)[C@]1(C(C)C)CC(c2nccc3ccccc23)=NO1)C(=O)CF. The molecular weight excluding hydrogens is 477 g/mol. The number of hydrogen-bond acceptors (Lipinski definition) is 7. The zero-order valence-electron chi connectivity index (χ0n) is 22.0. The van der Waals surface area contributed by atoms with E-state index in [0.29, 0.717) is 17.8 Å². The number of ketones is 1. The summed E-state index contributed by atoms with van der Waals surface area (Å²) >= 11 is 0. The van der Waals surface area contributed by atoms with Gasteiger partial charge < -0.3 is 14.9 Å². The minimum atomic E-state index is -1.44. The minimum Gasteiger partial charge on any atom is -0.463 e. The number of nitrogens with one attached hydrogen (secondary N) is 1. The Bertz CT molecular complexity index is 1150. The van der Waals surface area contributed by atoms with Gasteiger partial charge in [0.1, 0.15) is 18.4 Å². The number of benzene rings is 1. The van der Waals surface area contributed by atoms with Gasteiger partial charge in [0.25, 0.3) is 5.91 Å². The molecule has 1 N–H and O–H groups in total. The number of ether oxygens (including phenoxy) is 1. The molecule has 0 radical (unpaired) electrons. The lowest BCUT2D eigenvalue weighted by molar-refractivity contribution is -0.154. The van der Waals surface area contributed by atoms with E-state index in [-0.39, 0.29) is 18.4 Å². The van der Waals surface area contributed by atoms with Crippen molar-refractivity contribution >= 4 is 34.1 Å². The highest BCUT2D eigenvalue weighted by Gasteiger charge is 2.51. The Morgan fingerprint density at radius 3 is 2.62 bits per heavy atom. The van der Waals surface area contributed by atoms with Crippen LogP contribution >= 0.6 is 0 Å². The third-order valence-electron chi connectivity index (χ3n) is 6.76. The van der Waals surface area contributed by atoms with E-state index >= 15 is 0 Å². The highest BCUT2D eigenvalue weighted by molar-refractivity contribution is 6.12. The lowest BCUT2D eigenvalue weighted by Crippen LogP contribution is -2.56. The summed E-state index contributed by atoms with van der Waals surface area (Å²) in [6.45, 7) is 6.14. The molecule has 2 heterocycles. The summed E-state index contributed by atoms with van der Waals surface area (Å²) in [5, 5.41) is 8.59. The molecule has 9 heteroatoms. The second kappa shape index (κ2) is 12.7. The number of oxime groups is 1. The number of alkyl halides is 1. The van der Waals surface area contributed by atoms with Gasteiger partial charge in [0.05, 0.1) is 18.2 Å². The fourth-order valence-corrected chi connectivity index (χ4v) is 4.42. The third-order valence-corrected chi connectivity index (χ3v) is 6.76. The molecule has 1 aromatic carbocycles. The fourth-order valence-electron chi connectivity index (χ4n) is 4.42. The molecule has 0 fully saturated rings. The van der Waals surface area contributed by atoms with E-state index in [1.54, 1.807) is 27.0 Å². The maximum atomic E-state index is 13.5. The summed E-state index contributed by atoms with van der Waals surface area (Å²) in [4.78, 5) is 48.5. The molecule has 0 saturated carbocycles. The molecule has 8 nitrogen and oxygen atoms in total. The maximum Gasteiger partial charge on any atom is 0.308 e. The van der Waals surface area contributed by atoms with Crippen molar-refractivity contribution in [1.29, 1.82) is 0 Å². The van der Waals surface area contributed by atoms with Crippen LogP contribution in [0, 0.1) is 5.92 Å². The van der Waals surface area contributed by atoms with E-state index in [2.05, 4.69) is 22.4 Å². The number of esters is 1. The van der Waals surface area contributed by atoms with Gasteiger partial charge in [-0.15, -0.1) is 0 Å². The van der Waals surface area contributed by atoms with Gasteiger partial charge in [0.15, 0.2) is 5.78 Å².